The largest absolute Gasteiger partial charge is 0.324 e. The van der Waals surface area contributed by atoms with E-state index in [1.165, 1.54) is 28.3 Å². The first-order valence-corrected chi connectivity index (χ1v) is 14.3. The Kier molecular flexibility index (Phi) is 6.05. The Morgan fingerprint density at radius 3 is 2.61 bits per heavy atom. The molecule has 2 aliphatic carbocycles. The lowest BCUT2D eigenvalue weighted by molar-refractivity contribution is 0.196. The summed E-state index contributed by atoms with van der Waals surface area (Å²) in [5, 5.41) is 11.5. The number of aromatic amines is 1. The number of nitrogens with zero attached hydrogens (tertiary/aromatic N) is 5. The molecule has 0 atom stereocenters. The normalized spacial score (nSPS) is 19.1. The van der Waals surface area contributed by atoms with Crippen molar-refractivity contribution >= 4 is 21.7 Å². The zero-order valence-electron chi connectivity index (χ0n) is 20.9. The lowest BCUT2D eigenvalue weighted by atomic mass is 9.97. The number of pyridine rings is 1. The molecule has 0 spiro atoms. The molecule has 36 heavy (non-hydrogen) atoms. The van der Waals surface area contributed by atoms with Gasteiger partial charge in [-0.05, 0) is 87.9 Å². The number of aryl methyl sites for hydroxylation is 1. The molecule has 3 heterocycles. The second-order valence-electron chi connectivity index (χ2n) is 10.4. The Hall–Kier alpha value is -2.82. The fourth-order valence-electron chi connectivity index (χ4n) is 5.53. The van der Waals surface area contributed by atoms with E-state index in [0.717, 1.165) is 54.6 Å². The Bertz CT molecular complexity index is 1370. The smallest absolute Gasteiger partial charge is 0.278 e. The molecule has 9 nitrogen and oxygen atoms in total. The monoisotopic (exact) mass is 507 g/mol. The molecular formula is C26H33N7O2S. The van der Waals surface area contributed by atoms with E-state index >= 15 is 0 Å². The average Bonchev–Trinajstić information content (AvgIpc) is 3.43. The van der Waals surface area contributed by atoms with Gasteiger partial charge in [0, 0.05) is 42.5 Å². The summed E-state index contributed by atoms with van der Waals surface area (Å²) >= 11 is 0. The van der Waals surface area contributed by atoms with E-state index in [1.54, 1.807) is 0 Å². The molecule has 1 aromatic carbocycles. The van der Waals surface area contributed by atoms with Crippen molar-refractivity contribution in [1.82, 2.24) is 29.4 Å². The van der Waals surface area contributed by atoms with Crippen LogP contribution in [-0.2, 0) is 22.9 Å². The second kappa shape index (κ2) is 9.24. The van der Waals surface area contributed by atoms with Crippen LogP contribution in [0.25, 0.3) is 11.1 Å². The van der Waals surface area contributed by atoms with Crippen molar-refractivity contribution in [3.05, 3.63) is 47.3 Å². The van der Waals surface area contributed by atoms with Crippen LogP contribution >= 0.6 is 0 Å². The van der Waals surface area contributed by atoms with Crippen LogP contribution in [0.1, 0.15) is 54.8 Å². The second-order valence-corrected chi connectivity index (χ2v) is 12.3. The Labute approximate surface area is 212 Å². The molecule has 6 rings (SSSR count). The van der Waals surface area contributed by atoms with E-state index in [9.17, 15) is 8.42 Å². The number of nitrogens with one attached hydrogen (secondary N) is 2. The summed E-state index contributed by atoms with van der Waals surface area (Å²) in [6.07, 6.45) is 9.04. The van der Waals surface area contributed by atoms with Crippen molar-refractivity contribution in [3.63, 3.8) is 0 Å². The van der Waals surface area contributed by atoms with Crippen LogP contribution in [0.2, 0.25) is 0 Å². The molecule has 2 N–H and O–H groups in total. The fraction of sp³-hybridized carbons (Fsp3) is 0.500. The van der Waals surface area contributed by atoms with Gasteiger partial charge in [-0.2, -0.15) is 4.31 Å². The van der Waals surface area contributed by atoms with Gasteiger partial charge >= 0.3 is 0 Å². The van der Waals surface area contributed by atoms with Gasteiger partial charge in [0.05, 0.1) is 5.69 Å². The number of rotatable bonds is 7. The summed E-state index contributed by atoms with van der Waals surface area (Å²) in [4.78, 5) is 9.70. The average molecular weight is 508 g/mol. The third-order valence-electron chi connectivity index (χ3n) is 7.82. The zero-order chi connectivity index (χ0) is 24.9. The summed E-state index contributed by atoms with van der Waals surface area (Å²) in [5.74, 6) is 0.912. The highest BCUT2D eigenvalue weighted by Crippen LogP contribution is 2.42. The van der Waals surface area contributed by atoms with E-state index in [2.05, 4.69) is 48.6 Å². The van der Waals surface area contributed by atoms with Gasteiger partial charge in [0.2, 0.25) is 5.95 Å². The number of H-pyrrole nitrogens is 1. The highest BCUT2D eigenvalue weighted by atomic mass is 32.2. The molecule has 1 saturated carbocycles. The maximum Gasteiger partial charge on any atom is 0.278 e. The van der Waals surface area contributed by atoms with Crippen LogP contribution in [0.5, 0.6) is 0 Å². The summed E-state index contributed by atoms with van der Waals surface area (Å²) in [7, 11) is 0.349. The van der Waals surface area contributed by atoms with E-state index in [0.29, 0.717) is 31.0 Å². The van der Waals surface area contributed by atoms with E-state index in [-0.39, 0.29) is 5.16 Å². The van der Waals surface area contributed by atoms with Gasteiger partial charge in [0.15, 0.2) is 0 Å². The van der Waals surface area contributed by atoms with Crippen LogP contribution in [0, 0.1) is 0 Å². The molecule has 1 aliphatic heterocycles. The van der Waals surface area contributed by atoms with Crippen molar-refractivity contribution in [2.75, 3.05) is 32.5 Å². The molecular weight excluding hydrogens is 474 g/mol. The van der Waals surface area contributed by atoms with Gasteiger partial charge in [-0.3, -0.25) is 9.97 Å². The van der Waals surface area contributed by atoms with Crippen LogP contribution < -0.4 is 5.32 Å². The maximum atomic E-state index is 13.3. The molecule has 1 saturated heterocycles. The van der Waals surface area contributed by atoms with Gasteiger partial charge in [0.1, 0.15) is 0 Å². The highest BCUT2D eigenvalue weighted by Gasteiger charge is 2.33. The predicted octanol–water partition coefficient (Wildman–Crippen LogP) is 3.69. The highest BCUT2D eigenvalue weighted by molar-refractivity contribution is 7.88. The minimum atomic E-state index is -3.73. The summed E-state index contributed by atoms with van der Waals surface area (Å²) in [5.41, 5.74) is 6.90. The number of benzene rings is 1. The number of aromatic nitrogens is 4. The lowest BCUT2D eigenvalue weighted by Gasteiger charge is -2.33. The number of hydrogen-bond acceptors (Lipinski definition) is 7. The molecule has 3 aromatic rings. The van der Waals surface area contributed by atoms with Gasteiger partial charge in [-0.25, -0.2) is 8.42 Å². The molecule has 0 amide bonds. The molecule has 2 aromatic heterocycles. The van der Waals surface area contributed by atoms with E-state index < -0.39 is 10.0 Å². The molecule has 2 fully saturated rings. The van der Waals surface area contributed by atoms with Gasteiger partial charge < -0.3 is 10.2 Å². The SMILES string of the molecule is CN(C)C1CCN(S(=O)(=O)c2nnc(Nc3c(-c4ccnc(C5CC5)c4)ccc4c3CCC4)[nH]2)CC1. The first-order valence-electron chi connectivity index (χ1n) is 12.9. The summed E-state index contributed by atoms with van der Waals surface area (Å²) in [6.45, 7) is 0.965. The minimum absolute atomic E-state index is 0.109. The number of anilines is 2. The fourth-order valence-corrected chi connectivity index (χ4v) is 6.83. The van der Waals surface area contributed by atoms with Crippen molar-refractivity contribution in [3.8, 4) is 11.1 Å². The Morgan fingerprint density at radius 2 is 1.86 bits per heavy atom. The van der Waals surface area contributed by atoms with E-state index in [1.807, 2.05) is 26.4 Å². The molecule has 3 aliphatic rings. The molecule has 0 bridgehead atoms. The third-order valence-corrected chi connectivity index (χ3v) is 9.54. The first kappa shape index (κ1) is 23.6. The van der Waals surface area contributed by atoms with Crippen molar-refractivity contribution in [1.29, 1.82) is 0 Å². The van der Waals surface area contributed by atoms with E-state index in [4.69, 9.17) is 0 Å². The Morgan fingerprint density at radius 1 is 1.06 bits per heavy atom. The quantitative estimate of drug-likeness (QED) is 0.502. The third kappa shape index (κ3) is 4.42. The summed E-state index contributed by atoms with van der Waals surface area (Å²) in [6, 6.07) is 9.00. The van der Waals surface area contributed by atoms with Gasteiger partial charge in [0.25, 0.3) is 15.2 Å². The van der Waals surface area contributed by atoms with Crippen LogP contribution in [0.3, 0.4) is 0 Å². The number of sulfonamides is 1. The molecule has 0 radical (unpaired) electrons. The molecule has 0 unspecified atom stereocenters. The molecule has 10 heteroatoms. The molecule has 190 valence electrons. The van der Waals surface area contributed by atoms with Crippen molar-refractivity contribution in [2.24, 2.45) is 0 Å². The van der Waals surface area contributed by atoms with Crippen molar-refractivity contribution in [2.45, 2.75) is 62.1 Å². The van der Waals surface area contributed by atoms with Crippen LogP contribution in [0.4, 0.5) is 11.6 Å². The predicted molar refractivity (Wildman–Crippen MR) is 139 cm³/mol. The van der Waals surface area contributed by atoms with Gasteiger partial charge in [-0.1, -0.05) is 12.1 Å². The van der Waals surface area contributed by atoms with Gasteiger partial charge in [-0.15, -0.1) is 10.2 Å². The minimum Gasteiger partial charge on any atom is -0.324 e. The van der Waals surface area contributed by atoms with Crippen LogP contribution in [0.15, 0.2) is 35.6 Å². The van der Waals surface area contributed by atoms with Crippen molar-refractivity contribution < 1.29 is 8.42 Å². The lowest BCUT2D eigenvalue weighted by Crippen LogP contribution is -2.44. The summed E-state index contributed by atoms with van der Waals surface area (Å²) < 4.78 is 28.0. The topological polar surface area (TPSA) is 107 Å². The standard InChI is InChI=1S/C26H33N7O2S/c1-32(2)20-11-14-33(15-12-20)36(34,35)26-29-25(30-31-26)28-24-21-5-3-4-17(21)8-9-22(24)19-10-13-27-23(16-19)18-6-7-18/h8-10,13,16,18,20H,3-7,11-12,14-15H2,1-2H3,(H2,28,29,30,31). The maximum absolute atomic E-state index is 13.3. The Balaban J connectivity index is 1.28. The number of piperidine rings is 1. The first-order chi connectivity index (χ1) is 17.4. The van der Waals surface area contributed by atoms with Crippen LogP contribution in [-0.4, -0.2) is 71.0 Å². The number of hydrogen-bond donors (Lipinski definition) is 2. The zero-order valence-corrected chi connectivity index (χ0v) is 21.7. The number of fused-ring (bicyclic) bond motifs is 1.